The van der Waals surface area contributed by atoms with Crippen LogP contribution in [0.15, 0.2) is 48.5 Å². The Hall–Kier alpha value is -4.26. The van der Waals surface area contributed by atoms with E-state index in [0.29, 0.717) is 19.7 Å². The van der Waals surface area contributed by atoms with Gasteiger partial charge in [-0.1, -0.05) is 18.2 Å². The Morgan fingerprint density at radius 2 is 1.74 bits per heavy atom. The number of alkyl halides is 3. The molecule has 0 bridgehead atoms. The summed E-state index contributed by atoms with van der Waals surface area (Å²) in [5, 5.41) is 17.4. The molecule has 3 aromatic rings. The van der Waals surface area contributed by atoms with Crippen LogP contribution in [0.1, 0.15) is 30.5 Å². The first kappa shape index (κ1) is 30.7. The van der Waals surface area contributed by atoms with E-state index < -0.39 is 23.7 Å². The summed E-state index contributed by atoms with van der Waals surface area (Å²) in [6.45, 7) is 3.39. The second-order valence-electron chi connectivity index (χ2n) is 10.1. The number of methoxy groups -OCH3 is 1. The average molecular weight is 592 g/mol. The number of halogens is 3. The van der Waals surface area contributed by atoms with Crippen molar-refractivity contribution in [2.75, 3.05) is 39.9 Å². The monoisotopic (exact) mass is 591 g/mol. The fourth-order valence-corrected chi connectivity index (χ4v) is 5.59. The number of amides is 1. The maximum atomic E-state index is 13.3. The molecule has 5 rings (SSSR count). The van der Waals surface area contributed by atoms with Crippen LogP contribution in [-0.2, 0) is 26.3 Å². The number of carbonyl (C=O) groups is 3. The summed E-state index contributed by atoms with van der Waals surface area (Å²) in [6.07, 6.45) is -3.72. The van der Waals surface area contributed by atoms with E-state index in [1.807, 2.05) is 47.4 Å². The molecule has 1 saturated heterocycles. The summed E-state index contributed by atoms with van der Waals surface area (Å²) in [4.78, 5) is 41.2. The molecule has 0 aliphatic carbocycles. The Kier molecular flexibility index (Phi) is 9.30. The number of likely N-dealkylation sites (tertiary alicyclic amines) is 1. The number of aromatic nitrogens is 1. The van der Waals surface area contributed by atoms with Crippen molar-refractivity contribution < 1.29 is 47.2 Å². The highest BCUT2D eigenvalue weighted by Gasteiger charge is 2.50. The van der Waals surface area contributed by atoms with E-state index >= 15 is 0 Å². The molecule has 1 spiro atoms. The number of aliphatic carboxylic acids is 2. The number of carboxylic acid groups (broad SMARTS) is 2. The Morgan fingerprint density at radius 3 is 2.38 bits per heavy atom. The van der Waals surface area contributed by atoms with Crippen molar-refractivity contribution in [2.24, 2.45) is 0 Å². The van der Waals surface area contributed by atoms with Crippen molar-refractivity contribution in [1.29, 1.82) is 0 Å². The third kappa shape index (κ3) is 6.78. The summed E-state index contributed by atoms with van der Waals surface area (Å²) in [7, 11) is 1.66. The summed E-state index contributed by atoms with van der Waals surface area (Å²) < 4.78 is 43.1. The summed E-state index contributed by atoms with van der Waals surface area (Å²) in [6, 6.07) is 15.8. The molecular weight excluding hydrogens is 559 g/mol. The third-order valence-electron chi connectivity index (χ3n) is 7.52. The number of nitrogens with one attached hydrogen (secondary N) is 1. The lowest BCUT2D eigenvalue weighted by molar-refractivity contribution is -0.192. The first-order valence-corrected chi connectivity index (χ1v) is 13.4. The highest BCUT2D eigenvalue weighted by atomic mass is 19.4. The van der Waals surface area contributed by atoms with Crippen LogP contribution in [0.3, 0.4) is 0 Å². The van der Waals surface area contributed by atoms with Crippen LogP contribution in [0.2, 0.25) is 0 Å². The van der Waals surface area contributed by atoms with Gasteiger partial charge in [-0.15, -0.1) is 0 Å². The number of carbonyl (C=O) groups excluding carboxylic acids is 1. The van der Waals surface area contributed by atoms with Gasteiger partial charge < -0.3 is 29.6 Å². The minimum Gasteiger partial charge on any atom is -0.497 e. The smallest absolute Gasteiger partial charge is 0.490 e. The fourth-order valence-electron chi connectivity index (χ4n) is 5.59. The van der Waals surface area contributed by atoms with Crippen LogP contribution < -0.4 is 9.47 Å². The molecule has 1 unspecified atom stereocenters. The van der Waals surface area contributed by atoms with Gasteiger partial charge in [0.05, 0.1) is 19.1 Å². The van der Waals surface area contributed by atoms with Crippen LogP contribution in [-0.4, -0.2) is 88.9 Å². The predicted molar refractivity (Wildman–Crippen MR) is 146 cm³/mol. The highest BCUT2D eigenvalue weighted by Crippen LogP contribution is 2.45. The van der Waals surface area contributed by atoms with Gasteiger partial charge in [0.1, 0.15) is 18.1 Å². The van der Waals surface area contributed by atoms with E-state index in [1.165, 1.54) is 5.56 Å². The second-order valence-corrected chi connectivity index (χ2v) is 10.1. The van der Waals surface area contributed by atoms with E-state index in [-0.39, 0.29) is 18.7 Å². The van der Waals surface area contributed by atoms with E-state index in [4.69, 9.17) is 24.5 Å². The van der Waals surface area contributed by atoms with Crippen LogP contribution in [0.4, 0.5) is 13.2 Å². The van der Waals surface area contributed by atoms with Gasteiger partial charge in [-0.05, 0) is 48.7 Å². The van der Waals surface area contributed by atoms with Gasteiger partial charge in [-0.25, -0.2) is 4.79 Å². The molecular formula is C29H32F3N3O7. The highest BCUT2D eigenvalue weighted by molar-refractivity contribution is 5.88. The molecule has 2 aliphatic heterocycles. The molecule has 1 aromatic heterocycles. The number of H-pyrrole nitrogens is 1. The first-order valence-electron chi connectivity index (χ1n) is 13.4. The summed E-state index contributed by atoms with van der Waals surface area (Å²) in [5.74, 6) is -2.16. The van der Waals surface area contributed by atoms with Crippen LogP contribution in [0.25, 0.3) is 10.9 Å². The van der Waals surface area contributed by atoms with Gasteiger partial charge in [-0.2, -0.15) is 13.2 Å². The maximum Gasteiger partial charge on any atom is 0.490 e. The van der Waals surface area contributed by atoms with Gasteiger partial charge >= 0.3 is 18.1 Å². The Balaban J connectivity index is 0.000000517. The largest absolute Gasteiger partial charge is 0.497 e. The van der Waals surface area contributed by atoms with E-state index in [2.05, 4.69) is 16.0 Å². The lowest BCUT2D eigenvalue weighted by atomic mass is 9.83. The lowest BCUT2D eigenvalue weighted by Crippen LogP contribution is -2.55. The van der Waals surface area contributed by atoms with Crippen molar-refractivity contribution in [2.45, 2.75) is 37.4 Å². The van der Waals surface area contributed by atoms with Gasteiger partial charge in [-0.3, -0.25) is 14.5 Å². The van der Waals surface area contributed by atoms with Crippen LogP contribution in [0.5, 0.6) is 11.5 Å². The van der Waals surface area contributed by atoms with E-state index in [9.17, 15) is 22.8 Å². The van der Waals surface area contributed by atoms with Crippen molar-refractivity contribution in [1.82, 2.24) is 14.8 Å². The van der Waals surface area contributed by atoms with Crippen molar-refractivity contribution in [3.8, 4) is 11.5 Å². The molecule has 1 fully saturated rings. The number of fused-ring (bicyclic) bond motifs is 4. The molecule has 1 atom stereocenters. The molecule has 2 aliphatic rings. The molecule has 0 radical (unpaired) electrons. The van der Waals surface area contributed by atoms with E-state index in [0.717, 1.165) is 54.0 Å². The molecule has 10 nitrogen and oxygen atoms in total. The van der Waals surface area contributed by atoms with Gasteiger partial charge in [0.25, 0.3) is 0 Å². The fraction of sp³-hybridized carbons (Fsp3) is 0.414. The third-order valence-corrected chi connectivity index (χ3v) is 7.52. The average Bonchev–Trinajstić information content (AvgIpc) is 3.55. The molecule has 2 aromatic carbocycles. The predicted octanol–water partition coefficient (Wildman–Crippen LogP) is 4.04. The SMILES string of the molecule is COc1ccc2[nH]c3c(c2c1)CCN(C(=O)CCC(=O)O)C31CCN(CCOc2ccccc2)C1.O=C(O)C(F)(F)F. The molecule has 226 valence electrons. The minimum absolute atomic E-state index is 0.0115. The number of benzene rings is 2. The first-order chi connectivity index (χ1) is 19.9. The van der Waals surface area contributed by atoms with E-state index in [1.54, 1.807) is 7.11 Å². The minimum atomic E-state index is -5.08. The second kappa shape index (κ2) is 12.7. The maximum absolute atomic E-state index is 13.3. The molecule has 42 heavy (non-hydrogen) atoms. The van der Waals surface area contributed by atoms with Gasteiger partial charge in [0.15, 0.2) is 0 Å². The normalized spacial score (nSPS) is 18.3. The van der Waals surface area contributed by atoms with Crippen molar-refractivity contribution in [3.63, 3.8) is 0 Å². The Bertz CT molecular complexity index is 1430. The van der Waals surface area contributed by atoms with Crippen molar-refractivity contribution >= 4 is 28.7 Å². The van der Waals surface area contributed by atoms with Crippen molar-refractivity contribution in [3.05, 3.63) is 59.8 Å². The number of hydrogen-bond donors (Lipinski definition) is 3. The van der Waals surface area contributed by atoms with Gasteiger partial charge in [0.2, 0.25) is 5.91 Å². The topological polar surface area (TPSA) is 132 Å². The molecule has 0 saturated carbocycles. The zero-order valence-electron chi connectivity index (χ0n) is 22.9. The number of ether oxygens (including phenoxy) is 2. The Morgan fingerprint density at radius 1 is 1.02 bits per heavy atom. The quantitative estimate of drug-likeness (QED) is 0.358. The van der Waals surface area contributed by atoms with Crippen LogP contribution >= 0.6 is 0 Å². The molecule has 3 N–H and O–H groups in total. The standard InChI is InChI=1S/C27H31N3O5.C2HF3O2/c1-34-20-7-8-23-22(17-20)21-11-13-30(24(31)9-10-25(32)33)27(26(21)28-23)12-14-29(18-27)15-16-35-19-5-3-2-4-6-19;3-2(4,5)1(6)7/h2-8,17,28H,9-16,18H2,1H3,(H,32,33);(H,6,7). The summed E-state index contributed by atoms with van der Waals surface area (Å²) in [5.41, 5.74) is 2.81. The number of carboxylic acids is 2. The lowest BCUT2D eigenvalue weighted by Gasteiger charge is -2.45. The van der Waals surface area contributed by atoms with Crippen LogP contribution in [0, 0.1) is 0 Å². The zero-order valence-corrected chi connectivity index (χ0v) is 22.9. The Labute approximate surface area is 239 Å². The number of hydrogen-bond acceptors (Lipinski definition) is 6. The van der Waals surface area contributed by atoms with Gasteiger partial charge in [0, 0.05) is 49.2 Å². The number of aromatic amines is 1. The number of rotatable bonds is 8. The zero-order chi connectivity index (χ0) is 30.5. The number of para-hydroxylation sites is 1. The number of nitrogens with zero attached hydrogens (tertiary/aromatic N) is 2. The molecule has 3 heterocycles. The summed E-state index contributed by atoms with van der Waals surface area (Å²) >= 11 is 0. The molecule has 1 amide bonds. The molecule has 13 heteroatoms.